The molecule has 0 aliphatic carbocycles. The van der Waals surface area contributed by atoms with Crippen LogP contribution in [0.25, 0.3) is 0 Å². The molecule has 1 nitrogen and oxygen atoms in total. The highest BCUT2D eigenvalue weighted by Gasteiger charge is 2.16. The fourth-order valence-electron chi connectivity index (χ4n) is 1.80. The van der Waals surface area contributed by atoms with Crippen LogP contribution in [0.1, 0.15) is 18.5 Å². The van der Waals surface area contributed by atoms with Crippen LogP contribution in [0.5, 0.6) is 0 Å². The number of rotatable bonds is 3. The Labute approximate surface area is 130 Å². The standard InChI is InChI=1S/C14H10Cl3F2N/c1-7(8-5-13(19)11(17)6-10(8)16)20-14-9(15)3-2-4-12(14)18/h2-7,20H,1H3. The lowest BCUT2D eigenvalue weighted by molar-refractivity contribution is 0.621. The molecule has 1 atom stereocenters. The third-order valence-corrected chi connectivity index (χ3v) is 3.76. The van der Waals surface area contributed by atoms with E-state index in [1.165, 1.54) is 24.3 Å². The minimum atomic E-state index is -0.584. The van der Waals surface area contributed by atoms with Crippen molar-refractivity contribution in [1.29, 1.82) is 0 Å². The zero-order valence-electron chi connectivity index (χ0n) is 10.4. The van der Waals surface area contributed by atoms with Crippen molar-refractivity contribution in [2.45, 2.75) is 13.0 Å². The van der Waals surface area contributed by atoms with Gasteiger partial charge in [-0.25, -0.2) is 8.78 Å². The van der Waals surface area contributed by atoms with Gasteiger partial charge in [0.2, 0.25) is 0 Å². The second kappa shape index (κ2) is 6.17. The topological polar surface area (TPSA) is 12.0 Å². The largest absolute Gasteiger partial charge is 0.375 e. The molecule has 20 heavy (non-hydrogen) atoms. The summed E-state index contributed by atoms with van der Waals surface area (Å²) in [6.07, 6.45) is 0. The molecule has 0 bridgehead atoms. The Bertz CT molecular complexity index is 626. The van der Waals surface area contributed by atoms with E-state index in [4.69, 9.17) is 34.8 Å². The van der Waals surface area contributed by atoms with Crippen molar-refractivity contribution >= 4 is 40.5 Å². The second-order valence-electron chi connectivity index (χ2n) is 4.25. The maximum atomic E-state index is 13.7. The number of benzene rings is 2. The molecule has 0 saturated carbocycles. The van der Waals surface area contributed by atoms with Gasteiger partial charge in [-0.05, 0) is 36.8 Å². The lowest BCUT2D eigenvalue weighted by Crippen LogP contribution is -2.09. The van der Waals surface area contributed by atoms with Gasteiger partial charge in [0.05, 0.1) is 21.8 Å². The van der Waals surface area contributed by atoms with Gasteiger partial charge in [-0.1, -0.05) is 40.9 Å². The van der Waals surface area contributed by atoms with Gasteiger partial charge in [0.25, 0.3) is 0 Å². The van der Waals surface area contributed by atoms with Crippen molar-refractivity contribution in [3.63, 3.8) is 0 Å². The van der Waals surface area contributed by atoms with Gasteiger partial charge < -0.3 is 5.32 Å². The molecule has 106 valence electrons. The predicted octanol–water partition coefficient (Wildman–Crippen LogP) is 6.10. The molecule has 0 radical (unpaired) electrons. The average molecular weight is 337 g/mol. The molecule has 2 rings (SSSR count). The van der Waals surface area contributed by atoms with E-state index in [0.29, 0.717) is 10.6 Å². The first-order valence-corrected chi connectivity index (χ1v) is 6.88. The maximum absolute atomic E-state index is 13.7. The van der Waals surface area contributed by atoms with Crippen LogP contribution in [0.4, 0.5) is 14.5 Å². The van der Waals surface area contributed by atoms with Crippen molar-refractivity contribution in [2.24, 2.45) is 0 Å². The molecule has 0 aromatic heterocycles. The van der Waals surface area contributed by atoms with Crippen molar-refractivity contribution < 1.29 is 8.78 Å². The van der Waals surface area contributed by atoms with Crippen LogP contribution in [0.15, 0.2) is 30.3 Å². The van der Waals surface area contributed by atoms with Crippen LogP contribution in [0, 0.1) is 11.6 Å². The van der Waals surface area contributed by atoms with E-state index in [0.717, 1.165) is 0 Å². The van der Waals surface area contributed by atoms with Gasteiger partial charge in [0, 0.05) is 5.02 Å². The Morgan fingerprint density at radius 1 is 0.950 bits per heavy atom. The van der Waals surface area contributed by atoms with Gasteiger partial charge in [0.15, 0.2) is 0 Å². The Hall–Kier alpha value is -1.03. The van der Waals surface area contributed by atoms with Crippen LogP contribution < -0.4 is 5.32 Å². The zero-order valence-corrected chi connectivity index (χ0v) is 12.6. The van der Waals surface area contributed by atoms with Crippen molar-refractivity contribution in [2.75, 3.05) is 5.32 Å². The summed E-state index contributed by atoms with van der Waals surface area (Å²) >= 11 is 17.6. The van der Waals surface area contributed by atoms with E-state index in [1.807, 2.05) is 0 Å². The fraction of sp³-hybridized carbons (Fsp3) is 0.143. The number of para-hydroxylation sites is 1. The zero-order chi connectivity index (χ0) is 14.9. The van der Waals surface area contributed by atoms with Gasteiger partial charge in [-0.3, -0.25) is 0 Å². The minimum absolute atomic E-state index is 0.0603. The Morgan fingerprint density at radius 2 is 1.65 bits per heavy atom. The lowest BCUT2D eigenvalue weighted by atomic mass is 10.1. The smallest absolute Gasteiger partial charge is 0.147 e. The molecule has 1 N–H and O–H groups in total. The summed E-state index contributed by atoms with van der Waals surface area (Å²) < 4.78 is 27.2. The van der Waals surface area contributed by atoms with E-state index in [-0.39, 0.29) is 15.7 Å². The summed E-state index contributed by atoms with van der Waals surface area (Å²) in [6, 6.07) is 6.44. The van der Waals surface area contributed by atoms with Gasteiger partial charge in [0.1, 0.15) is 11.6 Å². The summed E-state index contributed by atoms with van der Waals surface area (Å²) in [5.41, 5.74) is 0.612. The first-order valence-electron chi connectivity index (χ1n) is 5.75. The van der Waals surface area contributed by atoms with Crippen LogP contribution in [-0.2, 0) is 0 Å². The molecule has 0 aliphatic heterocycles. The number of nitrogens with one attached hydrogen (secondary N) is 1. The highest BCUT2D eigenvalue weighted by atomic mass is 35.5. The highest BCUT2D eigenvalue weighted by molar-refractivity contribution is 6.35. The molecule has 2 aromatic carbocycles. The lowest BCUT2D eigenvalue weighted by Gasteiger charge is -2.18. The Kier molecular flexibility index (Phi) is 4.74. The molecule has 2 aromatic rings. The van der Waals surface area contributed by atoms with E-state index < -0.39 is 17.7 Å². The molecule has 0 saturated heterocycles. The fourth-order valence-corrected chi connectivity index (χ4v) is 2.56. The molecule has 0 spiro atoms. The van der Waals surface area contributed by atoms with Crippen LogP contribution in [-0.4, -0.2) is 0 Å². The van der Waals surface area contributed by atoms with Crippen LogP contribution in [0.3, 0.4) is 0 Å². The second-order valence-corrected chi connectivity index (χ2v) is 5.47. The van der Waals surface area contributed by atoms with Crippen LogP contribution >= 0.6 is 34.8 Å². The third kappa shape index (κ3) is 3.17. The molecule has 0 amide bonds. The van der Waals surface area contributed by atoms with E-state index in [9.17, 15) is 8.78 Å². The summed E-state index contributed by atoms with van der Waals surface area (Å²) in [6.45, 7) is 1.72. The first kappa shape index (κ1) is 15.4. The number of hydrogen-bond acceptors (Lipinski definition) is 1. The molecular formula is C14H10Cl3F2N. The normalized spacial score (nSPS) is 12.3. The molecule has 6 heteroatoms. The van der Waals surface area contributed by atoms with E-state index in [2.05, 4.69) is 5.32 Å². The number of anilines is 1. The summed E-state index contributed by atoms with van der Waals surface area (Å²) in [5, 5.41) is 3.35. The monoisotopic (exact) mass is 335 g/mol. The average Bonchev–Trinajstić information content (AvgIpc) is 2.38. The number of halogens is 5. The summed E-state index contributed by atoms with van der Waals surface area (Å²) in [5.74, 6) is -1.07. The first-order chi connectivity index (χ1) is 9.40. The maximum Gasteiger partial charge on any atom is 0.147 e. The van der Waals surface area contributed by atoms with Crippen molar-refractivity contribution in [1.82, 2.24) is 0 Å². The SMILES string of the molecule is CC(Nc1c(F)cccc1Cl)c1cc(F)c(Cl)cc1Cl. The summed E-state index contributed by atoms with van der Waals surface area (Å²) in [4.78, 5) is 0. The van der Waals surface area contributed by atoms with Crippen molar-refractivity contribution in [3.8, 4) is 0 Å². The molecule has 1 unspecified atom stereocenters. The molecule has 0 aliphatic rings. The van der Waals surface area contributed by atoms with Gasteiger partial charge >= 0.3 is 0 Å². The van der Waals surface area contributed by atoms with Gasteiger partial charge in [-0.15, -0.1) is 0 Å². The molecular weight excluding hydrogens is 327 g/mol. The van der Waals surface area contributed by atoms with Gasteiger partial charge in [-0.2, -0.15) is 0 Å². The number of hydrogen-bond donors (Lipinski definition) is 1. The molecule has 0 fully saturated rings. The Morgan fingerprint density at radius 3 is 2.30 bits per heavy atom. The summed E-state index contributed by atoms with van der Waals surface area (Å²) in [7, 11) is 0. The minimum Gasteiger partial charge on any atom is -0.375 e. The van der Waals surface area contributed by atoms with Crippen LogP contribution in [0.2, 0.25) is 15.1 Å². The molecule has 0 heterocycles. The van der Waals surface area contributed by atoms with E-state index in [1.54, 1.807) is 13.0 Å². The van der Waals surface area contributed by atoms with Crippen molar-refractivity contribution in [3.05, 3.63) is 62.6 Å². The highest BCUT2D eigenvalue weighted by Crippen LogP contribution is 2.33. The Balaban J connectivity index is 2.33. The predicted molar refractivity (Wildman–Crippen MR) is 79.9 cm³/mol. The quantitative estimate of drug-likeness (QED) is 0.668. The van der Waals surface area contributed by atoms with E-state index >= 15 is 0 Å². The third-order valence-electron chi connectivity index (χ3n) is 2.83.